The molecule has 1 amide bonds. The van der Waals surface area contributed by atoms with Gasteiger partial charge in [-0.2, -0.15) is 13.2 Å². The highest BCUT2D eigenvalue weighted by atomic mass is 35.5. The Kier molecular flexibility index (Phi) is 4.95. The van der Waals surface area contributed by atoms with Crippen molar-refractivity contribution >= 4 is 23.2 Å². The molecule has 1 aliphatic heterocycles. The van der Waals surface area contributed by atoms with Crippen LogP contribution in [0.5, 0.6) is 5.88 Å². The number of pyridine rings is 1. The van der Waals surface area contributed by atoms with E-state index in [0.29, 0.717) is 35.8 Å². The summed E-state index contributed by atoms with van der Waals surface area (Å²) in [5.74, 6) is -0.476. The van der Waals surface area contributed by atoms with E-state index in [0.717, 1.165) is 12.3 Å². The molecule has 2 heterocycles. The van der Waals surface area contributed by atoms with Gasteiger partial charge < -0.3 is 15.4 Å². The summed E-state index contributed by atoms with van der Waals surface area (Å²) in [7, 11) is 0. The van der Waals surface area contributed by atoms with Crippen LogP contribution in [0.2, 0.25) is 5.02 Å². The summed E-state index contributed by atoms with van der Waals surface area (Å²) in [6, 6.07) is 7.01. The molecule has 9 heteroatoms. The third kappa shape index (κ3) is 3.85. The number of hydrogen-bond donors (Lipinski definition) is 1. The second-order valence-electron chi connectivity index (χ2n) is 5.86. The maximum atomic E-state index is 12.6. The molecule has 0 aliphatic carbocycles. The minimum Gasteiger partial charge on any atom is -0.472 e. The monoisotopic (exact) mass is 385 g/mol. The van der Waals surface area contributed by atoms with E-state index in [-0.39, 0.29) is 12.0 Å². The van der Waals surface area contributed by atoms with Crippen LogP contribution in [0.15, 0.2) is 36.5 Å². The van der Waals surface area contributed by atoms with Gasteiger partial charge in [0.1, 0.15) is 6.10 Å². The molecule has 1 fully saturated rings. The van der Waals surface area contributed by atoms with Crippen LogP contribution in [0.3, 0.4) is 0 Å². The molecule has 1 aromatic carbocycles. The van der Waals surface area contributed by atoms with Gasteiger partial charge in [-0.3, -0.25) is 4.79 Å². The number of nitrogens with two attached hydrogens (primary N) is 1. The van der Waals surface area contributed by atoms with Crippen molar-refractivity contribution in [1.29, 1.82) is 0 Å². The van der Waals surface area contributed by atoms with Crippen LogP contribution in [0.1, 0.15) is 22.3 Å². The number of carbonyl (C=O) groups excluding carboxylic acids is 1. The average Bonchev–Trinajstić information content (AvgIpc) is 3.02. The first-order valence-corrected chi connectivity index (χ1v) is 8.16. The van der Waals surface area contributed by atoms with Crippen molar-refractivity contribution in [2.75, 3.05) is 18.0 Å². The lowest BCUT2D eigenvalue weighted by molar-refractivity contribution is -0.137. The van der Waals surface area contributed by atoms with Crippen molar-refractivity contribution in [3.63, 3.8) is 0 Å². The number of amides is 1. The molecule has 26 heavy (non-hydrogen) atoms. The summed E-state index contributed by atoms with van der Waals surface area (Å²) >= 11 is 6.21. The number of alkyl halides is 3. The van der Waals surface area contributed by atoms with Crippen molar-refractivity contribution in [2.24, 2.45) is 5.73 Å². The second kappa shape index (κ2) is 7.03. The predicted octanol–water partition coefficient (Wildman–Crippen LogP) is 3.51. The minimum absolute atomic E-state index is 0.110. The lowest BCUT2D eigenvalue weighted by Crippen LogP contribution is -2.27. The van der Waals surface area contributed by atoms with Gasteiger partial charge in [0, 0.05) is 25.2 Å². The van der Waals surface area contributed by atoms with E-state index in [1.54, 1.807) is 18.2 Å². The van der Waals surface area contributed by atoms with Crippen LogP contribution < -0.4 is 15.4 Å². The number of primary amides is 1. The minimum atomic E-state index is -4.44. The first-order chi connectivity index (χ1) is 12.3. The zero-order valence-electron chi connectivity index (χ0n) is 13.5. The van der Waals surface area contributed by atoms with Gasteiger partial charge in [-0.15, -0.1) is 0 Å². The fourth-order valence-electron chi connectivity index (χ4n) is 2.85. The van der Waals surface area contributed by atoms with Crippen LogP contribution in [0, 0.1) is 0 Å². The first kappa shape index (κ1) is 18.3. The van der Waals surface area contributed by atoms with Gasteiger partial charge in [-0.25, -0.2) is 4.98 Å². The molecule has 0 radical (unpaired) electrons. The van der Waals surface area contributed by atoms with Crippen molar-refractivity contribution in [3.8, 4) is 5.88 Å². The fraction of sp³-hybridized carbons (Fsp3) is 0.294. The van der Waals surface area contributed by atoms with Crippen LogP contribution in [0.25, 0.3) is 0 Å². The van der Waals surface area contributed by atoms with E-state index in [2.05, 4.69) is 4.98 Å². The van der Waals surface area contributed by atoms with Gasteiger partial charge >= 0.3 is 6.18 Å². The highest BCUT2D eigenvalue weighted by Crippen LogP contribution is 2.33. The summed E-state index contributed by atoms with van der Waals surface area (Å²) in [6.45, 7) is 0.974. The predicted molar refractivity (Wildman–Crippen MR) is 90.5 cm³/mol. The van der Waals surface area contributed by atoms with Crippen LogP contribution in [-0.2, 0) is 6.18 Å². The summed E-state index contributed by atoms with van der Waals surface area (Å²) in [5.41, 5.74) is 5.41. The Labute approximate surface area is 152 Å². The summed E-state index contributed by atoms with van der Waals surface area (Å²) in [5, 5.41) is 0.398. The number of halogens is 4. The van der Waals surface area contributed by atoms with E-state index in [4.69, 9.17) is 22.1 Å². The Morgan fingerprint density at radius 2 is 2.08 bits per heavy atom. The molecule has 2 N–H and O–H groups in total. The number of rotatable bonds is 4. The molecule has 1 saturated heterocycles. The smallest absolute Gasteiger partial charge is 0.417 e. The van der Waals surface area contributed by atoms with Crippen molar-refractivity contribution in [2.45, 2.75) is 18.7 Å². The number of anilines is 1. The largest absolute Gasteiger partial charge is 0.472 e. The molecule has 0 bridgehead atoms. The van der Waals surface area contributed by atoms with Crippen LogP contribution >= 0.6 is 11.6 Å². The van der Waals surface area contributed by atoms with Crippen molar-refractivity contribution in [1.82, 2.24) is 4.98 Å². The number of para-hydroxylation sites is 1. The SMILES string of the molecule is NC(=O)c1cccc(Cl)c1N1CCC(Oc2ccc(C(F)(F)F)cn2)C1. The molecule has 1 atom stereocenters. The van der Waals surface area contributed by atoms with Gasteiger partial charge in [-0.1, -0.05) is 17.7 Å². The number of benzene rings is 1. The Morgan fingerprint density at radius 3 is 2.69 bits per heavy atom. The summed E-state index contributed by atoms with van der Waals surface area (Å²) in [4.78, 5) is 17.2. The van der Waals surface area contributed by atoms with Gasteiger partial charge in [0.05, 0.1) is 28.4 Å². The quantitative estimate of drug-likeness (QED) is 0.874. The number of ether oxygens (including phenoxy) is 1. The Bertz CT molecular complexity index is 812. The van der Waals surface area contributed by atoms with Crippen LogP contribution in [-0.4, -0.2) is 30.1 Å². The molecule has 1 aromatic heterocycles. The molecule has 1 unspecified atom stereocenters. The molecule has 0 spiro atoms. The molecule has 0 saturated carbocycles. The molecule has 1 aliphatic rings. The first-order valence-electron chi connectivity index (χ1n) is 7.79. The van der Waals surface area contributed by atoms with E-state index in [1.165, 1.54) is 6.07 Å². The lowest BCUT2D eigenvalue weighted by Gasteiger charge is -2.22. The topological polar surface area (TPSA) is 68.5 Å². The normalized spacial score (nSPS) is 17.4. The molecule has 2 aromatic rings. The summed E-state index contributed by atoms with van der Waals surface area (Å²) in [6.07, 6.45) is -3.39. The molecule has 138 valence electrons. The fourth-order valence-corrected chi connectivity index (χ4v) is 3.15. The zero-order valence-corrected chi connectivity index (χ0v) is 14.2. The van der Waals surface area contributed by atoms with Gasteiger partial charge in [0.25, 0.3) is 5.91 Å². The number of nitrogens with zero attached hydrogens (tertiary/aromatic N) is 2. The maximum Gasteiger partial charge on any atom is 0.417 e. The molecule has 5 nitrogen and oxygen atoms in total. The summed E-state index contributed by atoms with van der Waals surface area (Å²) < 4.78 is 43.4. The number of hydrogen-bond acceptors (Lipinski definition) is 4. The average molecular weight is 386 g/mol. The number of carbonyl (C=O) groups is 1. The lowest BCUT2D eigenvalue weighted by atomic mass is 10.1. The van der Waals surface area contributed by atoms with Crippen molar-refractivity contribution < 1.29 is 22.7 Å². The highest BCUT2D eigenvalue weighted by molar-refractivity contribution is 6.34. The van der Waals surface area contributed by atoms with Crippen molar-refractivity contribution in [3.05, 3.63) is 52.7 Å². The Morgan fingerprint density at radius 1 is 1.31 bits per heavy atom. The van der Waals surface area contributed by atoms with E-state index >= 15 is 0 Å². The standard InChI is InChI=1S/C17H15ClF3N3O2/c18-13-3-1-2-12(16(22)25)15(13)24-7-6-11(9-24)26-14-5-4-10(8-23-14)17(19,20)21/h1-5,8,11H,6-7,9H2,(H2,22,25). The Hall–Kier alpha value is -2.48. The maximum absolute atomic E-state index is 12.6. The third-order valence-corrected chi connectivity index (χ3v) is 4.37. The zero-order chi connectivity index (χ0) is 18.9. The third-order valence-electron chi connectivity index (χ3n) is 4.06. The van der Waals surface area contributed by atoms with Gasteiger partial charge in [0.2, 0.25) is 5.88 Å². The van der Waals surface area contributed by atoms with E-state index in [9.17, 15) is 18.0 Å². The molecular weight excluding hydrogens is 371 g/mol. The number of aromatic nitrogens is 1. The van der Waals surface area contributed by atoms with E-state index < -0.39 is 17.6 Å². The Balaban J connectivity index is 1.71. The molecular formula is C17H15ClF3N3O2. The van der Waals surface area contributed by atoms with Crippen LogP contribution in [0.4, 0.5) is 18.9 Å². The second-order valence-corrected chi connectivity index (χ2v) is 6.26. The highest BCUT2D eigenvalue weighted by Gasteiger charge is 2.31. The molecule has 3 rings (SSSR count). The van der Waals surface area contributed by atoms with E-state index in [1.807, 2.05) is 4.90 Å². The van der Waals surface area contributed by atoms with Gasteiger partial charge in [-0.05, 0) is 18.2 Å². The van der Waals surface area contributed by atoms with Gasteiger partial charge in [0.15, 0.2) is 0 Å².